The molecule has 0 saturated heterocycles. The van der Waals surface area contributed by atoms with Crippen LogP contribution in [0, 0.1) is 0 Å². The molecule has 0 bridgehead atoms. The fourth-order valence-corrected chi connectivity index (χ4v) is 3.71. The van der Waals surface area contributed by atoms with Gasteiger partial charge in [-0.2, -0.15) is 0 Å². The maximum Gasteiger partial charge on any atom is 0.241 e. The SMILES string of the molecule is COCCN(CCOC)CC(=O)N1c2ccc(S(N)(=O)=O)cc2CC1C. The number of hydrogen-bond acceptors (Lipinski definition) is 6. The van der Waals surface area contributed by atoms with E-state index < -0.39 is 10.0 Å². The lowest BCUT2D eigenvalue weighted by molar-refractivity contribution is -0.120. The van der Waals surface area contributed by atoms with Gasteiger partial charge in [0.25, 0.3) is 0 Å². The third kappa shape index (κ3) is 5.01. The Hall–Kier alpha value is -1.52. The number of nitrogens with two attached hydrogens (primary N) is 1. The molecule has 0 spiro atoms. The van der Waals surface area contributed by atoms with E-state index >= 15 is 0 Å². The predicted molar refractivity (Wildman–Crippen MR) is 98.7 cm³/mol. The molecule has 0 aromatic heterocycles. The smallest absolute Gasteiger partial charge is 0.241 e. The van der Waals surface area contributed by atoms with Crippen LogP contribution in [-0.2, 0) is 30.7 Å². The number of amides is 1. The zero-order valence-electron chi connectivity index (χ0n) is 15.5. The maximum absolute atomic E-state index is 12.9. The second-order valence-electron chi connectivity index (χ2n) is 6.41. The number of fused-ring (bicyclic) bond motifs is 1. The molecular weight excluding hydrogens is 358 g/mol. The van der Waals surface area contributed by atoms with Crippen molar-refractivity contribution in [2.24, 2.45) is 5.14 Å². The first kappa shape index (κ1) is 20.8. The minimum Gasteiger partial charge on any atom is -0.383 e. The fraction of sp³-hybridized carbons (Fsp3) is 0.588. The van der Waals surface area contributed by atoms with E-state index in [1.54, 1.807) is 31.3 Å². The van der Waals surface area contributed by atoms with Gasteiger partial charge in [-0.25, -0.2) is 13.6 Å². The van der Waals surface area contributed by atoms with Gasteiger partial charge in [-0.1, -0.05) is 0 Å². The molecule has 26 heavy (non-hydrogen) atoms. The molecule has 1 atom stereocenters. The Morgan fingerprint density at radius 1 is 1.27 bits per heavy atom. The van der Waals surface area contributed by atoms with Gasteiger partial charge in [-0.05, 0) is 37.1 Å². The van der Waals surface area contributed by atoms with Crippen molar-refractivity contribution in [1.82, 2.24) is 4.90 Å². The van der Waals surface area contributed by atoms with Crippen LogP contribution in [0.25, 0.3) is 0 Å². The highest BCUT2D eigenvalue weighted by Crippen LogP contribution is 2.33. The third-order valence-corrected chi connectivity index (χ3v) is 5.36. The summed E-state index contributed by atoms with van der Waals surface area (Å²) < 4.78 is 33.3. The first-order valence-electron chi connectivity index (χ1n) is 8.46. The van der Waals surface area contributed by atoms with Gasteiger partial charge in [0.05, 0.1) is 24.7 Å². The summed E-state index contributed by atoms with van der Waals surface area (Å²) in [5, 5.41) is 5.20. The van der Waals surface area contributed by atoms with E-state index in [0.29, 0.717) is 32.7 Å². The summed E-state index contributed by atoms with van der Waals surface area (Å²) in [6, 6.07) is 4.62. The van der Waals surface area contributed by atoms with Gasteiger partial charge in [0, 0.05) is 39.0 Å². The lowest BCUT2D eigenvalue weighted by Crippen LogP contribution is -2.44. The molecule has 0 fully saturated rings. The molecule has 9 heteroatoms. The molecule has 1 aromatic carbocycles. The van der Waals surface area contributed by atoms with Crippen molar-refractivity contribution in [2.75, 3.05) is 52.0 Å². The number of hydrogen-bond donors (Lipinski definition) is 1. The number of primary sulfonamides is 1. The fourth-order valence-electron chi connectivity index (χ4n) is 3.14. The third-order valence-electron chi connectivity index (χ3n) is 4.45. The lowest BCUT2D eigenvalue weighted by atomic mass is 10.1. The Bertz CT molecular complexity index is 730. The number of carbonyl (C=O) groups excluding carboxylic acids is 1. The number of nitrogens with zero attached hydrogens (tertiary/aromatic N) is 2. The van der Waals surface area contributed by atoms with Gasteiger partial charge in [0.15, 0.2) is 0 Å². The van der Waals surface area contributed by atoms with Crippen LogP contribution < -0.4 is 10.0 Å². The van der Waals surface area contributed by atoms with E-state index in [0.717, 1.165) is 11.3 Å². The molecule has 146 valence electrons. The van der Waals surface area contributed by atoms with Crippen LogP contribution in [0.2, 0.25) is 0 Å². The summed E-state index contributed by atoms with van der Waals surface area (Å²) >= 11 is 0. The number of ether oxygens (including phenoxy) is 2. The van der Waals surface area contributed by atoms with Gasteiger partial charge in [0.1, 0.15) is 0 Å². The zero-order valence-corrected chi connectivity index (χ0v) is 16.3. The summed E-state index contributed by atoms with van der Waals surface area (Å²) in [6.07, 6.45) is 0.598. The number of benzene rings is 1. The monoisotopic (exact) mass is 385 g/mol. The van der Waals surface area contributed by atoms with Crippen LogP contribution >= 0.6 is 0 Å². The van der Waals surface area contributed by atoms with Crippen LogP contribution in [0.3, 0.4) is 0 Å². The topological polar surface area (TPSA) is 102 Å². The Morgan fingerprint density at radius 2 is 1.88 bits per heavy atom. The minimum absolute atomic E-state index is 0.0354. The number of rotatable bonds is 9. The van der Waals surface area contributed by atoms with Crippen molar-refractivity contribution in [2.45, 2.75) is 24.3 Å². The van der Waals surface area contributed by atoms with E-state index in [2.05, 4.69) is 0 Å². The van der Waals surface area contributed by atoms with Crippen molar-refractivity contribution in [3.63, 3.8) is 0 Å². The molecule has 2 N–H and O–H groups in total. The van der Waals surface area contributed by atoms with Crippen molar-refractivity contribution in [3.05, 3.63) is 23.8 Å². The molecule has 0 saturated carbocycles. The van der Waals surface area contributed by atoms with E-state index in [-0.39, 0.29) is 23.4 Å². The highest BCUT2D eigenvalue weighted by atomic mass is 32.2. The average Bonchev–Trinajstić information content (AvgIpc) is 2.91. The predicted octanol–water partition coefficient (Wildman–Crippen LogP) is 0.206. The minimum atomic E-state index is -3.76. The van der Waals surface area contributed by atoms with E-state index in [4.69, 9.17) is 14.6 Å². The van der Waals surface area contributed by atoms with Crippen LogP contribution in [0.15, 0.2) is 23.1 Å². The van der Waals surface area contributed by atoms with Crippen LogP contribution in [0.5, 0.6) is 0 Å². The Balaban J connectivity index is 2.16. The molecule has 1 aromatic rings. The van der Waals surface area contributed by atoms with E-state index in [9.17, 15) is 13.2 Å². The molecule has 1 amide bonds. The normalized spacial score (nSPS) is 17.0. The van der Waals surface area contributed by atoms with Crippen molar-refractivity contribution >= 4 is 21.6 Å². The molecule has 2 rings (SSSR count). The summed E-state index contributed by atoms with van der Waals surface area (Å²) in [7, 11) is -0.512. The number of anilines is 1. The van der Waals surface area contributed by atoms with Gasteiger partial charge in [-0.3, -0.25) is 9.69 Å². The van der Waals surface area contributed by atoms with Crippen LogP contribution in [0.1, 0.15) is 12.5 Å². The first-order valence-corrected chi connectivity index (χ1v) is 10.0. The van der Waals surface area contributed by atoms with Crippen molar-refractivity contribution in [1.29, 1.82) is 0 Å². The zero-order chi connectivity index (χ0) is 19.3. The van der Waals surface area contributed by atoms with Gasteiger partial charge in [0.2, 0.25) is 15.9 Å². The van der Waals surface area contributed by atoms with Gasteiger partial charge < -0.3 is 14.4 Å². The molecular formula is C17H27N3O5S. The Labute approximate surface area is 154 Å². The van der Waals surface area contributed by atoms with Crippen molar-refractivity contribution in [3.8, 4) is 0 Å². The van der Waals surface area contributed by atoms with Crippen LogP contribution in [-0.4, -0.2) is 72.3 Å². The van der Waals surface area contributed by atoms with Crippen LogP contribution in [0.4, 0.5) is 5.69 Å². The maximum atomic E-state index is 12.9. The molecule has 1 heterocycles. The van der Waals surface area contributed by atoms with E-state index in [1.165, 1.54) is 6.07 Å². The molecule has 1 aliphatic rings. The van der Waals surface area contributed by atoms with E-state index in [1.807, 2.05) is 11.8 Å². The number of carbonyl (C=O) groups is 1. The molecule has 8 nitrogen and oxygen atoms in total. The van der Waals surface area contributed by atoms with Gasteiger partial charge >= 0.3 is 0 Å². The highest BCUT2D eigenvalue weighted by Gasteiger charge is 2.32. The van der Waals surface area contributed by atoms with Crippen molar-refractivity contribution < 1.29 is 22.7 Å². The second-order valence-corrected chi connectivity index (χ2v) is 7.98. The summed E-state index contributed by atoms with van der Waals surface area (Å²) in [6.45, 7) is 4.51. The average molecular weight is 385 g/mol. The quantitative estimate of drug-likeness (QED) is 0.652. The second kappa shape index (κ2) is 8.92. The first-order chi connectivity index (χ1) is 12.3. The molecule has 0 aliphatic carbocycles. The summed E-state index contributed by atoms with van der Waals surface area (Å²) in [5.74, 6) is -0.0354. The number of sulfonamides is 1. The Morgan fingerprint density at radius 3 is 2.42 bits per heavy atom. The van der Waals surface area contributed by atoms with Gasteiger partial charge in [-0.15, -0.1) is 0 Å². The largest absolute Gasteiger partial charge is 0.383 e. The standard InChI is InChI=1S/C17H27N3O5S/c1-13-10-14-11-15(26(18,22)23)4-5-16(14)20(13)17(21)12-19(6-8-24-2)7-9-25-3/h4-5,11,13H,6-10,12H2,1-3H3,(H2,18,22,23). The summed E-state index contributed by atoms with van der Waals surface area (Å²) in [5.41, 5.74) is 1.56. The molecule has 1 aliphatic heterocycles. The molecule has 0 radical (unpaired) electrons. The highest BCUT2D eigenvalue weighted by molar-refractivity contribution is 7.89. The summed E-state index contributed by atoms with van der Waals surface area (Å²) in [4.78, 5) is 16.7. The number of methoxy groups -OCH3 is 2. The Kier molecular flexibility index (Phi) is 7.13. The lowest BCUT2D eigenvalue weighted by Gasteiger charge is -2.27. The molecule has 1 unspecified atom stereocenters.